The third kappa shape index (κ3) is 3.71. The number of hydrogen-bond donors (Lipinski definition) is 3. The molecular formula is C10H18N4O. The van der Waals surface area contributed by atoms with Crippen molar-refractivity contribution < 1.29 is 4.79 Å². The van der Waals surface area contributed by atoms with Gasteiger partial charge in [-0.15, -0.1) is 0 Å². The van der Waals surface area contributed by atoms with Crippen molar-refractivity contribution in [2.75, 3.05) is 13.1 Å². The molecule has 1 aromatic rings. The maximum atomic E-state index is 11.5. The highest BCUT2D eigenvalue weighted by Crippen LogP contribution is 2.17. The van der Waals surface area contributed by atoms with E-state index in [1.807, 2.05) is 0 Å². The number of carbonyl (C=O) groups is 1. The van der Waals surface area contributed by atoms with E-state index in [-0.39, 0.29) is 11.3 Å². The van der Waals surface area contributed by atoms with Gasteiger partial charge >= 0.3 is 0 Å². The molecular weight excluding hydrogens is 192 g/mol. The first-order valence-electron chi connectivity index (χ1n) is 5.03. The number of carbonyl (C=O) groups excluding carboxylic acids is 1. The van der Waals surface area contributed by atoms with Crippen LogP contribution in [0, 0.1) is 5.41 Å². The lowest BCUT2D eigenvalue weighted by molar-refractivity contribution is 0.0930. The zero-order chi connectivity index (χ0) is 11.3. The fourth-order valence-electron chi connectivity index (χ4n) is 1.28. The van der Waals surface area contributed by atoms with Crippen molar-refractivity contribution in [2.45, 2.75) is 20.3 Å². The van der Waals surface area contributed by atoms with Gasteiger partial charge < -0.3 is 11.1 Å². The van der Waals surface area contributed by atoms with E-state index in [2.05, 4.69) is 29.4 Å². The molecule has 5 nitrogen and oxygen atoms in total. The Kier molecular flexibility index (Phi) is 3.85. The Hall–Kier alpha value is -1.36. The summed E-state index contributed by atoms with van der Waals surface area (Å²) >= 11 is 0. The molecule has 0 aliphatic rings. The molecule has 0 aliphatic carbocycles. The van der Waals surface area contributed by atoms with Gasteiger partial charge in [-0.25, -0.2) is 0 Å². The van der Waals surface area contributed by atoms with Crippen LogP contribution in [0.5, 0.6) is 0 Å². The molecule has 0 unspecified atom stereocenters. The van der Waals surface area contributed by atoms with Gasteiger partial charge in [-0.05, 0) is 24.4 Å². The summed E-state index contributed by atoms with van der Waals surface area (Å²) in [5.41, 5.74) is 6.00. The van der Waals surface area contributed by atoms with E-state index < -0.39 is 0 Å². The molecule has 0 saturated heterocycles. The molecule has 1 amide bonds. The van der Waals surface area contributed by atoms with E-state index >= 15 is 0 Å². The van der Waals surface area contributed by atoms with Gasteiger partial charge in [0.15, 0.2) is 0 Å². The fraction of sp³-hybridized carbons (Fsp3) is 0.600. The Bertz CT molecular complexity index is 305. The highest BCUT2D eigenvalue weighted by atomic mass is 16.1. The molecule has 84 valence electrons. The SMILES string of the molecule is CC(C)(CCN)CNC(=O)c1ccn[nH]1. The molecule has 0 fully saturated rings. The number of nitrogens with two attached hydrogens (primary N) is 1. The van der Waals surface area contributed by atoms with Gasteiger partial charge in [0.2, 0.25) is 0 Å². The summed E-state index contributed by atoms with van der Waals surface area (Å²) in [6, 6.07) is 1.64. The monoisotopic (exact) mass is 210 g/mol. The number of rotatable bonds is 5. The lowest BCUT2D eigenvalue weighted by Crippen LogP contribution is -2.35. The minimum atomic E-state index is -0.127. The first-order valence-corrected chi connectivity index (χ1v) is 5.03. The summed E-state index contributed by atoms with van der Waals surface area (Å²) in [6.45, 7) is 5.40. The van der Waals surface area contributed by atoms with Gasteiger partial charge in [0.25, 0.3) is 5.91 Å². The molecule has 0 radical (unpaired) electrons. The first kappa shape index (κ1) is 11.7. The molecule has 1 heterocycles. The molecule has 0 atom stereocenters. The second-order valence-corrected chi connectivity index (χ2v) is 4.36. The lowest BCUT2D eigenvalue weighted by Gasteiger charge is -2.23. The predicted octanol–water partition coefficient (Wildman–Crippen LogP) is 0.514. The van der Waals surface area contributed by atoms with Crippen molar-refractivity contribution >= 4 is 5.91 Å². The average Bonchev–Trinajstić information content (AvgIpc) is 2.67. The summed E-state index contributed by atoms with van der Waals surface area (Å²) in [6.07, 6.45) is 2.44. The molecule has 0 bridgehead atoms. The summed E-state index contributed by atoms with van der Waals surface area (Å²) < 4.78 is 0. The van der Waals surface area contributed by atoms with E-state index in [4.69, 9.17) is 5.73 Å². The Balaban J connectivity index is 2.40. The van der Waals surface area contributed by atoms with E-state index in [9.17, 15) is 4.79 Å². The summed E-state index contributed by atoms with van der Waals surface area (Å²) in [5, 5.41) is 9.18. The largest absolute Gasteiger partial charge is 0.350 e. The molecule has 0 saturated carbocycles. The number of hydrogen-bond acceptors (Lipinski definition) is 3. The highest BCUT2D eigenvalue weighted by Gasteiger charge is 2.18. The standard InChI is InChI=1S/C10H18N4O/c1-10(2,4-5-11)7-12-9(15)8-3-6-13-14-8/h3,6H,4-5,7,11H2,1-2H3,(H,12,15)(H,13,14). The van der Waals surface area contributed by atoms with Crippen LogP contribution in [0.4, 0.5) is 0 Å². The molecule has 5 heteroatoms. The lowest BCUT2D eigenvalue weighted by atomic mass is 9.89. The van der Waals surface area contributed by atoms with E-state index in [0.29, 0.717) is 18.8 Å². The smallest absolute Gasteiger partial charge is 0.269 e. The van der Waals surface area contributed by atoms with Crippen molar-refractivity contribution in [3.8, 4) is 0 Å². The van der Waals surface area contributed by atoms with Crippen LogP contribution in [0.15, 0.2) is 12.3 Å². The topological polar surface area (TPSA) is 83.8 Å². The van der Waals surface area contributed by atoms with Gasteiger partial charge in [0.1, 0.15) is 5.69 Å². The van der Waals surface area contributed by atoms with E-state index in [1.165, 1.54) is 0 Å². The third-order valence-corrected chi connectivity index (χ3v) is 2.29. The minimum absolute atomic E-state index is 0.0322. The van der Waals surface area contributed by atoms with Crippen LogP contribution in [0.1, 0.15) is 30.8 Å². The van der Waals surface area contributed by atoms with Crippen LogP contribution >= 0.6 is 0 Å². The zero-order valence-corrected chi connectivity index (χ0v) is 9.21. The van der Waals surface area contributed by atoms with Crippen molar-refractivity contribution in [1.82, 2.24) is 15.5 Å². The molecule has 15 heavy (non-hydrogen) atoms. The zero-order valence-electron chi connectivity index (χ0n) is 9.21. The Labute approximate surface area is 89.4 Å². The summed E-state index contributed by atoms with van der Waals surface area (Å²) in [4.78, 5) is 11.5. The number of aromatic amines is 1. The minimum Gasteiger partial charge on any atom is -0.350 e. The van der Waals surface area contributed by atoms with Crippen molar-refractivity contribution in [2.24, 2.45) is 11.1 Å². The van der Waals surface area contributed by atoms with Crippen molar-refractivity contribution in [1.29, 1.82) is 0 Å². The van der Waals surface area contributed by atoms with E-state index in [1.54, 1.807) is 12.3 Å². The van der Waals surface area contributed by atoms with Crippen LogP contribution in [0.3, 0.4) is 0 Å². The number of nitrogens with one attached hydrogen (secondary N) is 2. The van der Waals surface area contributed by atoms with Gasteiger partial charge in [-0.1, -0.05) is 13.8 Å². The highest BCUT2D eigenvalue weighted by molar-refractivity contribution is 5.92. The van der Waals surface area contributed by atoms with Crippen LogP contribution in [-0.2, 0) is 0 Å². The van der Waals surface area contributed by atoms with Gasteiger partial charge in [0.05, 0.1) is 0 Å². The second kappa shape index (κ2) is 4.93. The quantitative estimate of drug-likeness (QED) is 0.662. The number of aromatic nitrogens is 2. The third-order valence-electron chi connectivity index (χ3n) is 2.29. The predicted molar refractivity (Wildman–Crippen MR) is 58.4 cm³/mol. The Morgan fingerprint density at radius 1 is 1.67 bits per heavy atom. The summed E-state index contributed by atoms with van der Waals surface area (Å²) in [5.74, 6) is -0.127. The maximum Gasteiger partial charge on any atom is 0.269 e. The molecule has 4 N–H and O–H groups in total. The average molecular weight is 210 g/mol. The van der Waals surface area contributed by atoms with Gasteiger partial charge in [0, 0.05) is 12.7 Å². The maximum absolute atomic E-state index is 11.5. The Morgan fingerprint density at radius 2 is 2.40 bits per heavy atom. The van der Waals surface area contributed by atoms with Crippen LogP contribution in [0.2, 0.25) is 0 Å². The summed E-state index contributed by atoms with van der Waals surface area (Å²) in [7, 11) is 0. The first-order chi connectivity index (χ1) is 7.05. The van der Waals surface area contributed by atoms with Crippen molar-refractivity contribution in [3.05, 3.63) is 18.0 Å². The number of nitrogens with zero attached hydrogens (tertiary/aromatic N) is 1. The number of amides is 1. The van der Waals surface area contributed by atoms with E-state index in [0.717, 1.165) is 6.42 Å². The second-order valence-electron chi connectivity index (χ2n) is 4.36. The van der Waals surface area contributed by atoms with Crippen LogP contribution in [0.25, 0.3) is 0 Å². The molecule has 0 aromatic carbocycles. The normalized spacial score (nSPS) is 11.4. The van der Waals surface area contributed by atoms with Crippen LogP contribution in [-0.4, -0.2) is 29.2 Å². The Morgan fingerprint density at radius 3 is 2.93 bits per heavy atom. The molecule has 0 spiro atoms. The van der Waals surface area contributed by atoms with Crippen LogP contribution < -0.4 is 11.1 Å². The molecule has 1 rings (SSSR count). The fourth-order valence-corrected chi connectivity index (χ4v) is 1.28. The molecule has 0 aliphatic heterocycles. The van der Waals surface area contributed by atoms with Gasteiger partial charge in [-0.3, -0.25) is 9.89 Å². The van der Waals surface area contributed by atoms with Crippen molar-refractivity contribution in [3.63, 3.8) is 0 Å². The molecule has 1 aromatic heterocycles. The number of H-pyrrole nitrogens is 1. The van der Waals surface area contributed by atoms with Gasteiger partial charge in [-0.2, -0.15) is 5.10 Å².